The molecule has 1 N–H and O–H groups in total. The zero-order valence-electron chi connectivity index (χ0n) is 8.54. The van der Waals surface area contributed by atoms with E-state index in [-0.39, 0.29) is 10.7 Å². The number of pyridine rings is 2. The Balaban J connectivity index is 2.27. The molecule has 17 heavy (non-hydrogen) atoms. The number of nitrogens with zero attached hydrogens (tertiary/aromatic N) is 2. The number of hydrogen-bond donors (Lipinski definition) is 1. The Morgan fingerprint density at radius 1 is 1.18 bits per heavy atom. The minimum absolute atomic E-state index is 0.102. The van der Waals surface area contributed by atoms with Gasteiger partial charge >= 0.3 is 0 Å². The molecule has 0 aliphatic carbocycles. The third-order valence-corrected chi connectivity index (χ3v) is 3.72. The first-order chi connectivity index (χ1) is 8.08. The number of sulfonamides is 1. The second kappa shape index (κ2) is 4.80. The van der Waals surface area contributed by atoms with Crippen LogP contribution in [0.15, 0.2) is 52.2 Å². The molecular weight excluding hydrogens is 306 g/mol. The highest BCUT2D eigenvalue weighted by molar-refractivity contribution is 9.10. The maximum atomic E-state index is 11.9. The highest BCUT2D eigenvalue weighted by Crippen LogP contribution is 2.15. The lowest BCUT2D eigenvalue weighted by Gasteiger charge is -2.06. The van der Waals surface area contributed by atoms with Crippen LogP contribution in [0.3, 0.4) is 0 Å². The molecule has 7 heteroatoms. The molecule has 0 bridgehead atoms. The van der Waals surface area contributed by atoms with Gasteiger partial charge in [0.15, 0.2) is 0 Å². The molecule has 0 radical (unpaired) electrons. The monoisotopic (exact) mass is 313 g/mol. The van der Waals surface area contributed by atoms with E-state index in [1.807, 2.05) is 0 Å². The molecule has 0 atom stereocenters. The lowest BCUT2D eigenvalue weighted by molar-refractivity contribution is 0.600. The lowest BCUT2D eigenvalue weighted by Crippen LogP contribution is -2.13. The van der Waals surface area contributed by atoms with Gasteiger partial charge in [0.05, 0.1) is 0 Å². The van der Waals surface area contributed by atoms with Gasteiger partial charge in [-0.25, -0.2) is 13.4 Å². The number of hydrogen-bond acceptors (Lipinski definition) is 4. The fourth-order valence-corrected chi connectivity index (χ4v) is 2.34. The number of anilines is 1. The van der Waals surface area contributed by atoms with Crippen LogP contribution in [-0.4, -0.2) is 18.4 Å². The third-order valence-electron chi connectivity index (χ3n) is 1.91. The molecule has 0 fully saturated rings. The van der Waals surface area contributed by atoms with Crippen molar-refractivity contribution in [3.63, 3.8) is 0 Å². The highest BCUT2D eigenvalue weighted by atomic mass is 79.9. The molecule has 0 aromatic carbocycles. The first-order valence-electron chi connectivity index (χ1n) is 4.62. The van der Waals surface area contributed by atoms with Crippen LogP contribution in [0.25, 0.3) is 0 Å². The van der Waals surface area contributed by atoms with Crippen molar-refractivity contribution < 1.29 is 8.42 Å². The predicted octanol–water partition coefficient (Wildman–Crippen LogP) is 2.04. The van der Waals surface area contributed by atoms with Gasteiger partial charge in [-0.3, -0.25) is 9.71 Å². The molecule has 0 saturated heterocycles. The van der Waals surface area contributed by atoms with Crippen molar-refractivity contribution in [3.8, 4) is 0 Å². The van der Waals surface area contributed by atoms with E-state index in [0.29, 0.717) is 0 Å². The standard InChI is InChI=1S/C10H8BrN3O2S/c11-8-3-4-10(13-6-8)14-17(15,16)9-2-1-5-12-7-9/h1-7H,(H,13,14). The van der Waals surface area contributed by atoms with E-state index in [2.05, 4.69) is 30.6 Å². The molecule has 0 spiro atoms. The average Bonchev–Trinajstić information content (AvgIpc) is 2.33. The second-order valence-electron chi connectivity index (χ2n) is 3.16. The van der Waals surface area contributed by atoms with Crippen molar-refractivity contribution in [2.75, 3.05) is 4.72 Å². The zero-order valence-corrected chi connectivity index (χ0v) is 10.9. The SMILES string of the molecule is O=S(=O)(Nc1ccc(Br)cn1)c1cccnc1. The summed E-state index contributed by atoms with van der Waals surface area (Å²) in [7, 11) is -3.62. The number of halogens is 1. The summed E-state index contributed by atoms with van der Waals surface area (Å²) < 4.78 is 26.9. The maximum Gasteiger partial charge on any atom is 0.264 e. The Labute approximate surface area is 107 Å². The molecule has 2 heterocycles. The second-order valence-corrected chi connectivity index (χ2v) is 5.75. The first kappa shape index (κ1) is 12.0. The fourth-order valence-electron chi connectivity index (χ4n) is 1.14. The third kappa shape index (κ3) is 3.01. The molecular formula is C10H8BrN3O2S. The van der Waals surface area contributed by atoms with Crippen molar-refractivity contribution in [1.29, 1.82) is 0 Å². The molecule has 2 aromatic heterocycles. The molecule has 2 rings (SSSR count). The van der Waals surface area contributed by atoms with E-state index in [4.69, 9.17) is 0 Å². The Bertz CT molecular complexity index is 599. The minimum atomic E-state index is -3.62. The molecule has 0 unspecified atom stereocenters. The number of nitrogens with one attached hydrogen (secondary N) is 1. The molecule has 0 saturated carbocycles. The summed E-state index contributed by atoms with van der Waals surface area (Å²) in [6.07, 6.45) is 4.30. The van der Waals surface area contributed by atoms with Crippen LogP contribution >= 0.6 is 15.9 Å². The van der Waals surface area contributed by atoms with Crippen LogP contribution in [0.4, 0.5) is 5.82 Å². The Morgan fingerprint density at radius 2 is 2.00 bits per heavy atom. The summed E-state index contributed by atoms with van der Waals surface area (Å²) in [4.78, 5) is 7.79. The van der Waals surface area contributed by atoms with Crippen molar-refractivity contribution >= 4 is 31.8 Å². The van der Waals surface area contributed by atoms with Crippen molar-refractivity contribution in [2.45, 2.75) is 4.90 Å². The Kier molecular flexibility index (Phi) is 3.39. The number of rotatable bonds is 3. The maximum absolute atomic E-state index is 11.9. The van der Waals surface area contributed by atoms with Gasteiger partial charge in [0.1, 0.15) is 10.7 Å². The van der Waals surface area contributed by atoms with Gasteiger partial charge in [-0.05, 0) is 40.2 Å². The van der Waals surface area contributed by atoms with E-state index >= 15 is 0 Å². The summed E-state index contributed by atoms with van der Waals surface area (Å²) in [6.45, 7) is 0. The van der Waals surface area contributed by atoms with E-state index < -0.39 is 10.0 Å². The van der Waals surface area contributed by atoms with E-state index in [1.54, 1.807) is 18.2 Å². The van der Waals surface area contributed by atoms with Crippen LogP contribution in [-0.2, 0) is 10.0 Å². The van der Waals surface area contributed by atoms with Gasteiger partial charge in [0, 0.05) is 23.1 Å². The van der Waals surface area contributed by atoms with E-state index in [0.717, 1.165) is 4.47 Å². The van der Waals surface area contributed by atoms with Gasteiger partial charge in [0.2, 0.25) is 0 Å². The van der Waals surface area contributed by atoms with E-state index in [1.165, 1.54) is 24.7 Å². The molecule has 88 valence electrons. The largest absolute Gasteiger partial charge is 0.264 e. The van der Waals surface area contributed by atoms with Crippen molar-refractivity contribution in [1.82, 2.24) is 9.97 Å². The van der Waals surface area contributed by atoms with Gasteiger partial charge in [0.25, 0.3) is 10.0 Å². The summed E-state index contributed by atoms with van der Waals surface area (Å²) >= 11 is 3.22. The molecule has 2 aromatic rings. The molecule has 0 aliphatic rings. The summed E-state index contributed by atoms with van der Waals surface area (Å²) in [5.41, 5.74) is 0. The van der Waals surface area contributed by atoms with E-state index in [9.17, 15) is 8.42 Å². The normalized spacial score (nSPS) is 11.1. The summed E-state index contributed by atoms with van der Waals surface area (Å²) in [6, 6.07) is 6.30. The van der Waals surface area contributed by atoms with Gasteiger partial charge < -0.3 is 0 Å². The van der Waals surface area contributed by atoms with Crippen LogP contribution < -0.4 is 4.72 Å². The predicted molar refractivity (Wildman–Crippen MR) is 67.0 cm³/mol. The zero-order chi connectivity index (χ0) is 12.3. The van der Waals surface area contributed by atoms with Gasteiger partial charge in [-0.15, -0.1) is 0 Å². The Hall–Kier alpha value is -1.47. The van der Waals surface area contributed by atoms with Gasteiger partial charge in [-0.1, -0.05) is 0 Å². The quantitative estimate of drug-likeness (QED) is 0.941. The molecule has 0 amide bonds. The number of aromatic nitrogens is 2. The average molecular weight is 314 g/mol. The lowest BCUT2D eigenvalue weighted by atomic mass is 10.5. The van der Waals surface area contributed by atoms with Crippen molar-refractivity contribution in [3.05, 3.63) is 47.3 Å². The molecule has 0 aliphatic heterocycles. The summed E-state index contributed by atoms with van der Waals surface area (Å²) in [5, 5.41) is 0. The Morgan fingerprint density at radius 3 is 2.59 bits per heavy atom. The van der Waals surface area contributed by atoms with Gasteiger partial charge in [-0.2, -0.15) is 0 Å². The van der Waals surface area contributed by atoms with Crippen LogP contribution in [0, 0.1) is 0 Å². The smallest absolute Gasteiger partial charge is 0.263 e. The first-order valence-corrected chi connectivity index (χ1v) is 6.90. The summed E-state index contributed by atoms with van der Waals surface area (Å²) in [5.74, 6) is 0.261. The van der Waals surface area contributed by atoms with Crippen LogP contribution in [0.1, 0.15) is 0 Å². The minimum Gasteiger partial charge on any atom is -0.263 e. The van der Waals surface area contributed by atoms with Crippen LogP contribution in [0.2, 0.25) is 0 Å². The van der Waals surface area contributed by atoms with Crippen LogP contribution in [0.5, 0.6) is 0 Å². The van der Waals surface area contributed by atoms with Crippen molar-refractivity contribution in [2.24, 2.45) is 0 Å². The fraction of sp³-hybridized carbons (Fsp3) is 0. The highest BCUT2D eigenvalue weighted by Gasteiger charge is 2.14. The topological polar surface area (TPSA) is 72.0 Å². The molecule has 5 nitrogen and oxygen atoms in total.